The van der Waals surface area contributed by atoms with Gasteiger partial charge in [0.2, 0.25) is 11.8 Å². The Labute approximate surface area is 207 Å². The van der Waals surface area contributed by atoms with Crippen molar-refractivity contribution in [2.75, 3.05) is 6.54 Å². The van der Waals surface area contributed by atoms with E-state index in [1.807, 2.05) is 0 Å². The lowest BCUT2D eigenvalue weighted by molar-refractivity contribution is -0.165. The Bertz CT molecular complexity index is 982. The molecule has 1 saturated heterocycles. The quantitative estimate of drug-likeness (QED) is 0.393. The van der Waals surface area contributed by atoms with Gasteiger partial charge in [-0.3, -0.25) is 9.59 Å². The Morgan fingerprint density at radius 3 is 2.63 bits per heavy atom. The molecule has 2 saturated carbocycles. The maximum Gasteiger partial charge on any atom is 0.329 e. The van der Waals surface area contributed by atoms with Crippen LogP contribution >= 0.6 is 0 Å². The number of carbonyl (C=O) groups excluding carboxylic acids is 3. The lowest BCUT2D eigenvalue weighted by Gasteiger charge is -2.39. The van der Waals surface area contributed by atoms with E-state index in [1.165, 1.54) is 24.6 Å². The average Bonchev–Trinajstić information content (AvgIpc) is 3.43. The number of carbonyl (C=O) groups is 3. The maximum atomic E-state index is 13.2. The summed E-state index contributed by atoms with van der Waals surface area (Å²) < 4.78 is 6.05. The van der Waals surface area contributed by atoms with E-state index in [0.29, 0.717) is 24.5 Å². The predicted octanol–water partition coefficient (Wildman–Crippen LogP) is 2.93. The highest BCUT2D eigenvalue weighted by Crippen LogP contribution is 2.66. The van der Waals surface area contributed by atoms with Gasteiger partial charge in [0.1, 0.15) is 30.1 Å². The smallest absolute Gasteiger partial charge is 0.329 e. The zero-order chi connectivity index (χ0) is 25.5. The van der Waals surface area contributed by atoms with Crippen LogP contribution in [0.3, 0.4) is 0 Å². The van der Waals surface area contributed by atoms with Gasteiger partial charge in [-0.25, -0.2) is 4.79 Å². The summed E-state index contributed by atoms with van der Waals surface area (Å²) in [5, 5.41) is 21.8. The van der Waals surface area contributed by atoms with Gasteiger partial charge >= 0.3 is 5.97 Å². The lowest BCUT2D eigenvalue weighted by Crippen LogP contribution is -2.51. The van der Waals surface area contributed by atoms with Crippen LogP contribution in [0.4, 0.5) is 0 Å². The first-order valence-electron chi connectivity index (χ1n) is 12.7. The second-order valence-corrected chi connectivity index (χ2v) is 11.3. The minimum atomic E-state index is -0.920. The maximum absolute atomic E-state index is 13.2. The van der Waals surface area contributed by atoms with E-state index in [1.54, 1.807) is 17.9 Å². The number of ether oxygens (including phenoxy) is 1. The minimum Gasteiger partial charge on any atom is -0.510 e. The fourth-order valence-electron chi connectivity index (χ4n) is 6.36. The van der Waals surface area contributed by atoms with E-state index < -0.39 is 24.1 Å². The molecule has 6 atom stereocenters. The van der Waals surface area contributed by atoms with Gasteiger partial charge in [-0.2, -0.15) is 0 Å². The van der Waals surface area contributed by atoms with Crippen molar-refractivity contribution in [2.24, 2.45) is 16.7 Å². The molecule has 1 heterocycles. The Hall–Kier alpha value is -2.61. The second kappa shape index (κ2) is 9.45. The molecular formula is C27H38N2O6. The van der Waals surface area contributed by atoms with E-state index in [0.717, 1.165) is 19.3 Å². The Kier molecular flexibility index (Phi) is 6.88. The van der Waals surface area contributed by atoms with E-state index in [9.17, 15) is 24.6 Å². The molecule has 4 unspecified atom stereocenters. The van der Waals surface area contributed by atoms with E-state index in [2.05, 4.69) is 26.1 Å². The summed E-state index contributed by atoms with van der Waals surface area (Å²) in [6, 6.07) is -1.42. The summed E-state index contributed by atoms with van der Waals surface area (Å²) in [6.45, 7) is 8.84. The van der Waals surface area contributed by atoms with Gasteiger partial charge in [-0.05, 0) is 74.5 Å². The molecule has 0 aromatic heterocycles. The molecule has 4 rings (SSSR count). The fourth-order valence-corrected chi connectivity index (χ4v) is 6.36. The molecule has 8 nitrogen and oxygen atoms in total. The number of nitrogens with zero attached hydrogens (tertiary/aromatic N) is 1. The van der Waals surface area contributed by atoms with Gasteiger partial charge < -0.3 is 25.2 Å². The van der Waals surface area contributed by atoms with Crippen molar-refractivity contribution in [1.29, 1.82) is 0 Å². The third-order valence-electron chi connectivity index (χ3n) is 9.17. The SMILES string of the molecule is C[C@H](NC(=O)/C=C/C1=CCC(O)C(O)=C1)C(=O)N1CCC[C@H]1C(=O)OC1CC2CCC1(C)C2(C)C. The molecule has 35 heavy (non-hydrogen) atoms. The summed E-state index contributed by atoms with van der Waals surface area (Å²) in [5.74, 6) is -0.679. The minimum absolute atomic E-state index is 0.0355. The van der Waals surface area contributed by atoms with Crippen LogP contribution in [0, 0.1) is 16.7 Å². The van der Waals surface area contributed by atoms with Crippen LogP contribution in [-0.2, 0) is 19.1 Å². The number of hydrogen-bond donors (Lipinski definition) is 3. The topological polar surface area (TPSA) is 116 Å². The molecule has 0 spiro atoms. The summed E-state index contributed by atoms with van der Waals surface area (Å²) in [4.78, 5) is 40.2. The van der Waals surface area contributed by atoms with Crippen molar-refractivity contribution in [2.45, 2.75) is 90.5 Å². The van der Waals surface area contributed by atoms with Gasteiger partial charge in [-0.1, -0.05) is 26.8 Å². The molecule has 3 aliphatic carbocycles. The normalized spacial score (nSPS) is 34.5. The van der Waals surface area contributed by atoms with Gasteiger partial charge in [0.05, 0.1) is 0 Å². The number of nitrogens with one attached hydrogen (secondary N) is 1. The molecular weight excluding hydrogens is 448 g/mol. The average molecular weight is 487 g/mol. The molecule has 0 aromatic rings. The molecule has 8 heteroatoms. The molecule has 1 aliphatic heterocycles. The van der Waals surface area contributed by atoms with Crippen LogP contribution in [-0.4, -0.2) is 63.7 Å². The number of rotatable bonds is 6. The van der Waals surface area contributed by atoms with Crippen molar-refractivity contribution < 1.29 is 29.3 Å². The highest BCUT2D eigenvalue weighted by atomic mass is 16.5. The Morgan fingerprint density at radius 2 is 2.00 bits per heavy atom. The van der Waals surface area contributed by atoms with Crippen LogP contribution in [0.25, 0.3) is 0 Å². The fraction of sp³-hybridized carbons (Fsp3) is 0.667. The highest BCUT2D eigenvalue weighted by Gasteiger charge is 2.63. The monoisotopic (exact) mass is 486 g/mol. The van der Waals surface area contributed by atoms with E-state index in [4.69, 9.17) is 4.74 Å². The third-order valence-corrected chi connectivity index (χ3v) is 9.17. The van der Waals surface area contributed by atoms with Crippen molar-refractivity contribution in [1.82, 2.24) is 10.2 Å². The molecule has 2 amide bonds. The van der Waals surface area contributed by atoms with Crippen LogP contribution in [0.1, 0.15) is 66.2 Å². The first-order valence-corrected chi connectivity index (χ1v) is 12.7. The zero-order valence-corrected chi connectivity index (χ0v) is 21.1. The summed E-state index contributed by atoms with van der Waals surface area (Å²) in [7, 11) is 0. The molecule has 192 valence electrons. The highest BCUT2D eigenvalue weighted by molar-refractivity contribution is 5.94. The van der Waals surface area contributed by atoms with Crippen LogP contribution in [0.15, 0.2) is 35.6 Å². The number of aliphatic hydroxyl groups is 2. The Balaban J connectivity index is 1.33. The van der Waals surface area contributed by atoms with Crippen LogP contribution in [0.2, 0.25) is 0 Å². The number of amides is 2. The molecule has 0 aromatic carbocycles. The van der Waals surface area contributed by atoms with Crippen molar-refractivity contribution in [3.05, 3.63) is 35.6 Å². The number of hydrogen-bond acceptors (Lipinski definition) is 6. The number of esters is 1. The predicted molar refractivity (Wildman–Crippen MR) is 130 cm³/mol. The van der Waals surface area contributed by atoms with E-state index >= 15 is 0 Å². The van der Waals surface area contributed by atoms with Gasteiger partial charge in [0.25, 0.3) is 0 Å². The van der Waals surface area contributed by atoms with Crippen molar-refractivity contribution in [3.8, 4) is 0 Å². The van der Waals surface area contributed by atoms with Crippen LogP contribution in [0.5, 0.6) is 0 Å². The molecule has 3 fully saturated rings. The summed E-state index contributed by atoms with van der Waals surface area (Å²) in [6.07, 6.45) is 9.53. The molecule has 4 aliphatic rings. The Morgan fingerprint density at radius 1 is 1.26 bits per heavy atom. The van der Waals surface area contributed by atoms with Gasteiger partial charge in [-0.15, -0.1) is 0 Å². The first kappa shape index (κ1) is 25.5. The molecule has 2 bridgehead atoms. The summed E-state index contributed by atoms with van der Waals surface area (Å²) >= 11 is 0. The number of likely N-dealkylation sites (tertiary alicyclic amines) is 1. The molecule has 0 radical (unpaired) electrons. The molecule has 3 N–H and O–H groups in total. The van der Waals surface area contributed by atoms with Crippen molar-refractivity contribution >= 4 is 17.8 Å². The number of fused-ring (bicyclic) bond motifs is 2. The standard InChI is InChI=1S/C27H38N2O6/c1-16(28-23(32)10-8-17-7-9-20(30)21(31)14-17)24(33)29-13-5-6-19(29)25(34)35-22-15-18-11-12-27(22,4)26(18,2)3/h7-8,10,14,16,18-20,22,30-31H,5-6,9,11-13,15H2,1-4H3,(H,28,32)/b10-8+/t16-,18?,19-,20?,22?,27?/m0/s1. The first-order chi connectivity index (χ1) is 16.4. The summed E-state index contributed by atoms with van der Waals surface area (Å²) in [5.41, 5.74) is 0.700. The van der Waals surface area contributed by atoms with Gasteiger partial charge in [0, 0.05) is 18.0 Å². The lowest BCUT2D eigenvalue weighted by atomic mass is 9.70. The van der Waals surface area contributed by atoms with Crippen LogP contribution < -0.4 is 5.32 Å². The largest absolute Gasteiger partial charge is 0.510 e. The number of allylic oxidation sites excluding steroid dienone is 3. The number of aliphatic hydroxyl groups excluding tert-OH is 2. The zero-order valence-electron chi connectivity index (χ0n) is 21.1. The third kappa shape index (κ3) is 4.65. The second-order valence-electron chi connectivity index (χ2n) is 11.3. The van der Waals surface area contributed by atoms with Gasteiger partial charge in [0.15, 0.2) is 0 Å². The van der Waals surface area contributed by atoms with Crippen molar-refractivity contribution in [3.63, 3.8) is 0 Å². The van der Waals surface area contributed by atoms with E-state index in [-0.39, 0.29) is 41.0 Å².